The van der Waals surface area contributed by atoms with Gasteiger partial charge in [-0.2, -0.15) is 0 Å². The number of rotatable bonds is 4. The first-order chi connectivity index (χ1) is 13.7. The Hall–Kier alpha value is -2.13. The molecule has 1 aliphatic rings. The number of thiophene rings is 1. The Kier molecular flexibility index (Phi) is 6.48. The van der Waals surface area contributed by atoms with Gasteiger partial charge in [0, 0.05) is 23.5 Å². The van der Waals surface area contributed by atoms with Crippen molar-refractivity contribution in [3.63, 3.8) is 0 Å². The van der Waals surface area contributed by atoms with E-state index in [0.717, 1.165) is 16.2 Å². The summed E-state index contributed by atoms with van der Waals surface area (Å²) >= 11 is 13.5. The van der Waals surface area contributed by atoms with E-state index in [1.54, 1.807) is 31.0 Å². The van der Waals surface area contributed by atoms with Crippen molar-refractivity contribution in [2.45, 2.75) is 19.4 Å². The van der Waals surface area contributed by atoms with Crippen molar-refractivity contribution >= 4 is 58.0 Å². The van der Waals surface area contributed by atoms with Crippen molar-refractivity contribution in [3.05, 3.63) is 49.1 Å². The zero-order valence-electron chi connectivity index (χ0n) is 15.6. The maximum absolute atomic E-state index is 13.0. The average Bonchev–Trinajstić information content (AvgIpc) is 2.90. The summed E-state index contributed by atoms with van der Waals surface area (Å²) in [4.78, 5) is 39.1. The lowest BCUT2D eigenvalue weighted by Gasteiger charge is -2.19. The number of carbonyl (C=O) groups excluding carboxylic acids is 2. The molecule has 1 aromatic carbocycles. The molecule has 2 heterocycles. The van der Waals surface area contributed by atoms with E-state index in [9.17, 15) is 19.5 Å². The molecular weight excluding hydrogens is 439 g/mol. The lowest BCUT2D eigenvalue weighted by molar-refractivity contribution is -0.130. The number of carboxylic acids is 1. The summed E-state index contributed by atoms with van der Waals surface area (Å²) in [5.74, 6) is -1.87. The molecule has 154 valence electrons. The fourth-order valence-electron chi connectivity index (χ4n) is 3.07. The number of hydrogen-bond donors (Lipinski definition) is 2. The summed E-state index contributed by atoms with van der Waals surface area (Å²) in [5.41, 5.74) is 0.658. The minimum atomic E-state index is -1.14. The van der Waals surface area contributed by atoms with Crippen molar-refractivity contribution in [2.75, 3.05) is 25.5 Å². The predicted octanol–water partition coefficient (Wildman–Crippen LogP) is 4.23. The maximum atomic E-state index is 13.0. The number of halogens is 2. The number of anilines is 1. The third-order valence-electron chi connectivity index (χ3n) is 4.49. The minimum Gasteiger partial charge on any atom is -0.477 e. The molecule has 29 heavy (non-hydrogen) atoms. The van der Waals surface area contributed by atoms with Gasteiger partial charge in [-0.1, -0.05) is 23.2 Å². The van der Waals surface area contributed by atoms with Gasteiger partial charge in [-0.05, 0) is 30.7 Å². The monoisotopic (exact) mass is 456 g/mol. The highest BCUT2D eigenvalue weighted by atomic mass is 35.5. The van der Waals surface area contributed by atoms with Crippen LogP contribution in [0.2, 0.25) is 10.0 Å². The fourth-order valence-corrected chi connectivity index (χ4v) is 4.47. The van der Waals surface area contributed by atoms with Crippen molar-refractivity contribution in [1.29, 1.82) is 0 Å². The molecule has 0 radical (unpaired) electrons. The molecule has 1 saturated heterocycles. The van der Waals surface area contributed by atoms with Gasteiger partial charge in [-0.25, -0.2) is 4.79 Å². The Morgan fingerprint density at radius 3 is 2.72 bits per heavy atom. The molecule has 3 rings (SSSR count). The molecule has 2 aromatic rings. The Morgan fingerprint density at radius 1 is 1.31 bits per heavy atom. The van der Waals surface area contributed by atoms with E-state index in [0.29, 0.717) is 23.7 Å². The van der Waals surface area contributed by atoms with Crippen molar-refractivity contribution in [3.8, 4) is 0 Å². The molecule has 0 saturated carbocycles. The van der Waals surface area contributed by atoms with E-state index < -0.39 is 18.0 Å². The van der Waals surface area contributed by atoms with E-state index in [-0.39, 0.29) is 33.5 Å². The van der Waals surface area contributed by atoms with Gasteiger partial charge < -0.3 is 20.1 Å². The number of aromatic carboxylic acids is 1. The SMILES string of the molecule is Cc1cc(NC(=O)c2c(Cl)cc(Cl)cc2C2CC(=O)N(C)CCO2)c(C(=O)O)s1. The van der Waals surface area contributed by atoms with Gasteiger partial charge >= 0.3 is 5.97 Å². The van der Waals surface area contributed by atoms with Crippen LogP contribution in [0, 0.1) is 6.92 Å². The van der Waals surface area contributed by atoms with Crippen LogP contribution in [0.4, 0.5) is 5.69 Å². The summed E-state index contributed by atoms with van der Waals surface area (Å²) in [6.45, 7) is 2.47. The highest BCUT2D eigenvalue weighted by Crippen LogP contribution is 2.35. The van der Waals surface area contributed by atoms with E-state index in [1.165, 1.54) is 6.07 Å². The number of nitrogens with zero attached hydrogens (tertiary/aromatic N) is 1. The molecule has 1 atom stereocenters. The molecular formula is C19H18Cl2N2O5S. The van der Waals surface area contributed by atoms with Crippen LogP contribution in [0.5, 0.6) is 0 Å². The Balaban J connectivity index is 2.00. The average molecular weight is 457 g/mol. The topological polar surface area (TPSA) is 95.9 Å². The van der Waals surface area contributed by atoms with Gasteiger partial charge in [-0.15, -0.1) is 11.3 Å². The van der Waals surface area contributed by atoms with E-state index in [2.05, 4.69) is 5.32 Å². The second-order valence-corrected chi connectivity index (χ2v) is 8.69. The van der Waals surface area contributed by atoms with Crippen molar-refractivity contribution in [1.82, 2.24) is 4.90 Å². The first-order valence-corrected chi connectivity index (χ1v) is 10.2. The molecule has 0 aliphatic carbocycles. The molecule has 1 fully saturated rings. The standard InChI is InChI=1S/C19H18Cl2N2O5S/c1-9-5-13(17(29-9)19(26)27)22-18(25)16-11(6-10(20)7-12(16)21)14-8-15(24)23(2)3-4-28-14/h5-7,14H,3-4,8H2,1-2H3,(H,22,25)(H,26,27). The maximum Gasteiger partial charge on any atom is 0.348 e. The quantitative estimate of drug-likeness (QED) is 0.717. The third kappa shape index (κ3) is 4.72. The van der Waals surface area contributed by atoms with Crippen LogP contribution >= 0.6 is 34.5 Å². The van der Waals surface area contributed by atoms with Crippen LogP contribution in [-0.2, 0) is 9.53 Å². The summed E-state index contributed by atoms with van der Waals surface area (Å²) < 4.78 is 5.80. The largest absolute Gasteiger partial charge is 0.477 e. The van der Waals surface area contributed by atoms with Gasteiger partial charge in [0.05, 0.1) is 35.4 Å². The highest BCUT2D eigenvalue weighted by Gasteiger charge is 2.29. The van der Waals surface area contributed by atoms with Gasteiger partial charge in [0.25, 0.3) is 5.91 Å². The second-order valence-electron chi connectivity index (χ2n) is 6.59. The molecule has 0 spiro atoms. The van der Waals surface area contributed by atoms with Gasteiger partial charge in [0.15, 0.2) is 0 Å². The number of hydrogen-bond acceptors (Lipinski definition) is 5. The zero-order valence-corrected chi connectivity index (χ0v) is 18.0. The highest BCUT2D eigenvalue weighted by molar-refractivity contribution is 7.14. The molecule has 7 nitrogen and oxygen atoms in total. The van der Waals surface area contributed by atoms with Crippen molar-refractivity contribution in [2.24, 2.45) is 0 Å². The summed E-state index contributed by atoms with van der Waals surface area (Å²) in [6, 6.07) is 4.54. The van der Waals surface area contributed by atoms with E-state index in [1.807, 2.05) is 0 Å². The summed E-state index contributed by atoms with van der Waals surface area (Å²) in [6.07, 6.45) is -0.668. The lowest BCUT2D eigenvalue weighted by atomic mass is 9.98. The molecule has 0 bridgehead atoms. The van der Waals surface area contributed by atoms with E-state index >= 15 is 0 Å². The second kappa shape index (κ2) is 8.71. The van der Waals surface area contributed by atoms with Gasteiger partial charge in [0.2, 0.25) is 5.91 Å². The zero-order chi connectivity index (χ0) is 21.3. The number of ether oxygens (including phenoxy) is 1. The number of likely N-dealkylation sites (N-methyl/N-ethyl adjacent to an activating group) is 1. The first kappa shape index (κ1) is 21.6. The lowest BCUT2D eigenvalue weighted by Crippen LogP contribution is -2.27. The minimum absolute atomic E-state index is 0.0185. The van der Waals surface area contributed by atoms with Crippen LogP contribution < -0.4 is 5.32 Å². The number of nitrogens with one attached hydrogen (secondary N) is 1. The van der Waals surface area contributed by atoms with Crippen molar-refractivity contribution < 1.29 is 24.2 Å². The molecule has 1 unspecified atom stereocenters. The first-order valence-electron chi connectivity index (χ1n) is 8.67. The Bertz CT molecular complexity index is 991. The molecule has 1 aromatic heterocycles. The van der Waals surface area contributed by atoms with Crippen LogP contribution in [0.1, 0.15) is 43.0 Å². The summed E-state index contributed by atoms with van der Waals surface area (Å²) in [5, 5.41) is 12.4. The normalized spacial score (nSPS) is 17.2. The number of carboxylic acid groups (broad SMARTS) is 1. The molecule has 2 amide bonds. The smallest absolute Gasteiger partial charge is 0.348 e. The van der Waals surface area contributed by atoms with Crippen LogP contribution in [0.25, 0.3) is 0 Å². The number of aryl methyl sites for hydroxylation is 1. The van der Waals surface area contributed by atoms with Crippen LogP contribution in [0.3, 0.4) is 0 Å². The predicted molar refractivity (Wildman–Crippen MR) is 111 cm³/mol. The fraction of sp³-hybridized carbons (Fsp3) is 0.316. The Labute approximate surface area is 181 Å². The van der Waals surface area contributed by atoms with Gasteiger partial charge in [0.1, 0.15) is 4.88 Å². The number of amides is 2. The summed E-state index contributed by atoms with van der Waals surface area (Å²) in [7, 11) is 1.68. The van der Waals surface area contributed by atoms with E-state index in [4.69, 9.17) is 27.9 Å². The molecule has 10 heteroatoms. The Morgan fingerprint density at radius 2 is 2.03 bits per heavy atom. The van der Waals surface area contributed by atoms with Crippen LogP contribution in [0.15, 0.2) is 18.2 Å². The number of benzene rings is 1. The molecule has 1 aliphatic heterocycles. The number of carbonyl (C=O) groups is 3. The van der Waals surface area contributed by atoms with Gasteiger partial charge in [-0.3, -0.25) is 9.59 Å². The molecule has 2 N–H and O–H groups in total. The third-order valence-corrected chi connectivity index (χ3v) is 6.04. The van der Waals surface area contributed by atoms with Crippen LogP contribution in [-0.4, -0.2) is 48.0 Å².